The number of hydrogen-bond donors (Lipinski definition) is 2. The van der Waals surface area contributed by atoms with Crippen molar-refractivity contribution in [3.05, 3.63) is 0 Å². The van der Waals surface area contributed by atoms with E-state index < -0.39 is 0 Å². The van der Waals surface area contributed by atoms with Crippen LogP contribution in [0.5, 0.6) is 0 Å². The molecule has 0 bridgehead atoms. The molecular formula is C14H26N4O2. The lowest BCUT2D eigenvalue weighted by molar-refractivity contribution is -0.138. The molecule has 0 radical (unpaired) electrons. The van der Waals surface area contributed by atoms with Crippen LogP contribution in [0.3, 0.4) is 0 Å². The van der Waals surface area contributed by atoms with Crippen molar-refractivity contribution >= 4 is 11.9 Å². The third-order valence-electron chi connectivity index (χ3n) is 4.34. The van der Waals surface area contributed by atoms with Crippen molar-refractivity contribution in [2.45, 2.75) is 38.6 Å². The molecule has 2 aliphatic rings. The molecule has 1 saturated heterocycles. The molecule has 1 heterocycles. The maximum atomic E-state index is 12.5. The summed E-state index contributed by atoms with van der Waals surface area (Å²) >= 11 is 0. The lowest BCUT2D eigenvalue weighted by atomic mass is 9.84. The summed E-state index contributed by atoms with van der Waals surface area (Å²) in [6.07, 6.45) is 4.10. The van der Waals surface area contributed by atoms with Crippen LogP contribution < -0.4 is 11.1 Å². The fourth-order valence-electron chi connectivity index (χ4n) is 3.09. The molecule has 114 valence electrons. The summed E-state index contributed by atoms with van der Waals surface area (Å²) < 4.78 is 0. The van der Waals surface area contributed by atoms with E-state index in [1.54, 1.807) is 4.90 Å². The van der Waals surface area contributed by atoms with Gasteiger partial charge in [-0.1, -0.05) is 12.8 Å². The Bertz CT molecular complexity index is 353. The molecular weight excluding hydrogens is 256 g/mol. The van der Waals surface area contributed by atoms with E-state index in [1.807, 2.05) is 11.8 Å². The molecule has 0 aromatic carbocycles. The number of nitrogens with two attached hydrogens (primary N) is 1. The highest BCUT2D eigenvalue weighted by molar-refractivity contribution is 5.80. The van der Waals surface area contributed by atoms with Crippen molar-refractivity contribution in [3.8, 4) is 0 Å². The molecule has 2 rings (SSSR count). The zero-order chi connectivity index (χ0) is 14.5. The van der Waals surface area contributed by atoms with Crippen molar-refractivity contribution in [1.82, 2.24) is 15.1 Å². The number of nitrogens with zero attached hydrogens (tertiary/aromatic N) is 2. The fraction of sp³-hybridized carbons (Fsp3) is 0.857. The number of urea groups is 1. The van der Waals surface area contributed by atoms with Crippen LogP contribution in [-0.4, -0.2) is 60.5 Å². The number of rotatable bonds is 2. The van der Waals surface area contributed by atoms with Crippen molar-refractivity contribution in [2.24, 2.45) is 11.7 Å². The zero-order valence-electron chi connectivity index (χ0n) is 12.3. The van der Waals surface area contributed by atoms with E-state index in [0.717, 1.165) is 25.7 Å². The summed E-state index contributed by atoms with van der Waals surface area (Å²) in [5, 5.41) is 2.79. The number of nitrogens with one attached hydrogen (secondary N) is 1. The number of piperazine rings is 1. The molecule has 20 heavy (non-hydrogen) atoms. The van der Waals surface area contributed by atoms with Gasteiger partial charge in [0.2, 0.25) is 5.91 Å². The lowest BCUT2D eigenvalue weighted by Gasteiger charge is -2.38. The van der Waals surface area contributed by atoms with Gasteiger partial charge in [-0.15, -0.1) is 0 Å². The van der Waals surface area contributed by atoms with Gasteiger partial charge in [0.1, 0.15) is 0 Å². The third kappa shape index (κ3) is 3.42. The molecule has 2 unspecified atom stereocenters. The Labute approximate surface area is 120 Å². The van der Waals surface area contributed by atoms with Gasteiger partial charge in [-0.25, -0.2) is 4.79 Å². The summed E-state index contributed by atoms with van der Waals surface area (Å²) in [5.41, 5.74) is 6.08. The van der Waals surface area contributed by atoms with Crippen LogP contribution in [0.15, 0.2) is 0 Å². The van der Waals surface area contributed by atoms with Gasteiger partial charge >= 0.3 is 6.03 Å². The number of amides is 3. The van der Waals surface area contributed by atoms with Crippen molar-refractivity contribution in [2.75, 3.05) is 32.7 Å². The minimum atomic E-state index is -0.0334. The average Bonchev–Trinajstić information content (AvgIpc) is 2.47. The molecule has 1 aliphatic carbocycles. The van der Waals surface area contributed by atoms with Crippen LogP contribution in [0, 0.1) is 5.92 Å². The monoisotopic (exact) mass is 282 g/mol. The summed E-state index contributed by atoms with van der Waals surface area (Å²) in [6, 6.07) is -0.0216. The second-order valence-electron chi connectivity index (χ2n) is 5.70. The highest BCUT2D eigenvalue weighted by atomic mass is 16.2. The highest BCUT2D eigenvalue weighted by Crippen LogP contribution is 2.25. The summed E-state index contributed by atoms with van der Waals surface area (Å²) in [6.45, 7) is 5.01. The quantitative estimate of drug-likeness (QED) is 0.768. The highest BCUT2D eigenvalue weighted by Gasteiger charge is 2.33. The van der Waals surface area contributed by atoms with Crippen molar-refractivity contribution < 1.29 is 9.59 Å². The van der Waals surface area contributed by atoms with E-state index in [2.05, 4.69) is 5.32 Å². The van der Waals surface area contributed by atoms with E-state index in [-0.39, 0.29) is 23.9 Å². The van der Waals surface area contributed by atoms with Crippen LogP contribution in [0.1, 0.15) is 32.6 Å². The number of carbonyl (C=O) groups excluding carboxylic acids is 2. The predicted octanol–water partition coefficient (Wildman–Crippen LogP) is 0.378. The smallest absolute Gasteiger partial charge is 0.317 e. The van der Waals surface area contributed by atoms with Gasteiger partial charge in [0.15, 0.2) is 0 Å². The molecule has 0 aromatic rings. The maximum absolute atomic E-state index is 12.5. The Morgan fingerprint density at radius 3 is 2.30 bits per heavy atom. The topological polar surface area (TPSA) is 78.7 Å². The largest absolute Gasteiger partial charge is 0.339 e. The first-order valence-corrected chi connectivity index (χ1v) is 7.70. The van der Waals surface area contributed by atoms with E-state index in [0.29, 0.717) is 32.7 Å². The van der Waals surface area contributed by atoms with E-state index in [4.69, 9.17) is 5.73 Å². The van der Waals surface area contributed by atoms with Crippen LogP contribution >= 0.6 is 0 Å². The van der Waals surface area contributed by atoms with Gasteiger partial charge < -0.3 is 20.9 Å². The van der Waals surface area contributed by atoms with Gasteiger partial charge in [0.25, 0.3) is 0 Å². The minimum Gasteiger partial charge on any atom is -0.339 e. The molecule has 2 fully saturated rings. The Kier molecular flexibility index (Phi) is 5.23. The Morgan fingerprint density at radius 2 is 1.70 bits per heavy atom. The van der Waals surface area contributed by atoms with Gasteiger partial charge in [-0.05, 0) is 19.8 Å². The second kappa shape index (κ2) is 6.92. The standard InChI is InChI=1S/C14H26N4O2/c1-2-16-14(20)18-9-7-17(8-10-18)13(19)11-5-3-4-6-12(11)15/h11-12H,2-10,15H2,1H3,(H,16,20). The van der Waals surface area contributed by atoms with Gasteiger partial charge in [0, 0.05) is 38.8 Å². The predicted molar refractivity (Wildman–Crippen MR) is 77.2 cm³/mol. The lowest BCUT2D eigenvalue weighted by Crippen LogP contribution is -2.55. The first kappa shape index (κ1) is 15.1. The van der Waals surface area contributed by atoms with Crippen LogP contribution in [0.2, 0.25) is 0 Å². The summed E-state index contributed by atoms with van der Waals surface area (Å²) in [5.74, 6) is 0.174. The van der Waals surface area contributed by atoms with Crippen molar-refractivity contribution in [3.63, 3.8) is 0 Å². The van der Waals surface area contributed by atoms with Crippen LogP contribution in [-0.2, 0) is 4.79 Å². The SMILES string of the molecule is CCNC(=O)N1CCN(C(=O)C2CCCCC2N)CC1. The normalized spacial score (nSPS) is 27.3. The van der Waals surface area contributed by atoms with E-state index >= 15 is 0 Å². The Balaban J connectivity index is 1.83. The van der Waals surface area contributed by atoms with Gasteiger partial charge in [-0.3, -0.25) is 4.79 Å². The molecule has 2 atom stereocenters. The first-order valence-electron chi connectivity index (χ1n) is 7.70. The van der Waals surface area contributed by atoms with Crippen LogP contribution in [0.4, 0.5) is 4.79 Å². The Morgan fingerprint density at radius 1 is 1.10 bits per heavy atom. The van der Waals surface area contributed by atoms with Crippen LogP contribution in [0.25, 0.3) is 0 Å². The van der Waals surface area contributed by atoms with E-state index in [9.17, 15) is 9.59 Å². The first-order chi connectivity index (χ1) is 9.63. The van der Waals surface area contributed by atoms with Gasteiger partial charge in [-0.2, -0.15) is 0 Å². The van der Waals surface area contributed by atoms with Gasteiger partial charge in [0.05, 0.1) is 5.92 Å². The molecule has 6 nitrogen and oxygen atoms in total. The molecule has 6 heteroatoms. The Hall–Kier alpha value is -1.30. The third-order valence-corrected chi connectivity index (χ3v) is 4.34. The minimum absolute atomic E-state index is 0.0117. The number of hydrogen-bond acceptors (Lipinski definition) is 3. The zero-order valence-corrected chi connectivity index (χ0v) is 12.3. The average molecular weight is 282 g/mol. The summed E-state index contributed by atoms with van der Waals surface area (Å²) in [4.78, 5) is 27.9. The fourth-order valence-corrected chi connectivity index (χ4v) is 3.09. The second-order valence-corrected chi connectivity index (χ2v) is 5.70. The summed E-state index contributed by atoms with van der Waals surface area (Å²) in [7, 11) is 0. The molecule has 0 spiro atoms. The number of carbonyl (C=O) groups is 2. The van der Waals surface area contributed by atoms with Crippen molar-refractivity contribution in [1.29, 1.82) is 0 Å². The molecule has 0 aromatic heterocycles. The maximum Gasteiger partial charge on any atom is 0.317 e. The molecule has 3 amide bonds. The molecule has 1 saturated carbocycles. The van der Waals surface area contributed by atoms with E-state index in [1.165, 1.54) is 0 Å². The molecule has 1 aliphatic heterocycles. The molecule has 3 N–H and O–H groups in total.